The average Bonchev–Trinajstić information content (AvgIpc) is 2.97. The lowest BCUT2D eigenvalue weighted by Crippen LogP contribution is -2.69. The van der Waals surface area contributed by atoms with Gasteiger partial charge in [0.2, 0.25) is 0 Å². The van der Waals surface area contributed by atoms with E-state index in [9.17, 15) is 54.5 Å². The highest BCUT2D eigenvalue weighted by Gasteiger charge is 2.57. The maximum absolute atomic E-state index is 14.1. The van der Waals surface area contributed by atoms with Gasteiger partial charge in [-0.1, -0.05) is 252 Å². The molecule has 0 spiro atoms. The molecule has 13 atom stereocenters. The smallest absolute Gasteiger partial charge is 0.462 e. The van der Waals surface area contributed by atoms with Crippen molar-refractivity contribution in [1.29, 1.82) is 0 Å². The van der Waals surface area contributed by atoms with E-state index in [1.54, 1.807) is 0 Å². The van der Waals surface area contributed by atoms with Crippen LogP contribution in [0.25, 0.3) is 0 Å². The van der Waals surface area contributed by atoms with Gasteiger partial charge in [-0.15, -0.1) is 0 Å². The number of carbonyl (C=O) groups excluding carboxylic acids is 3. The van der Waals surface area contributed by atoms with Crippen LogP contribution in [0.15, 0.2) is 0 Å². The summed E-state index contributed by atoms with van der Waals surface area (Å²) in [5.74, 6) is -2.05. The van der Waals surface area contributed by atoms with Crippen LogP contribution in [0.1, 0.15) is 290 Å². The van der Waals surface area contributed by atoms with Gasteiger partial charge in [0.25, 0.3) is 0 Å². The lowest BCUT2D eigenvalue weighted by atomic mass is 9.84. The standard InChI is InChI=1S/C63H120NO18P/c1-4-7-10-13-16-19-22-25-28-31-34-37-40-43-51(66)76-47-49(78-52(67)44-41-38-35-32-29-26-23-20-17-14-11-8-5-2)48-77-83(74,75)82-62-60(80-53(68)45-42-39-36-33-30-27-24-21-18-15-12-9-6-3)58(72)57(71)59(73)61(62)81-63-54(64)56(70)55(69)50(46-65)79-63/h49-50,54-63,65,69-73H,4-48,64H2,1-3H3,(H,74,75)/t49-,50-,54-,55-,56-,57-,58-,59+,60-,61-,62-,63-/m1/s1. The fraction of sp³-hybridized carbons (Fsp3) is 0.952. The summed E-state index contributed by atoms with van der Waals surface area (Å²) in [5.41, 5.74) is 6.15. The summed E-state index contributed by atoms with van der Waals surface area (Å²) >= 11 is 0. The van der Waals surface area contributed by atoms with Crippen molar-refractivity contribution in [2.75, 3.05) is 19.8 Å². The van der Waals surface area contributed by atoms with Crippen LogP contribution in [0.5, 0.6) is 0 Å². The van der Waals surface area contributed by atoms with Gasteiger partial charge in [-0.05, 0) is 19.3 Å². The number of aliphatic hydroxyl groups is 6. The molecule has 0 aromatic rings. The molecule has 1 aliphatic carbocycles. The summed E-state index contributed by atoms with van der Waals surface area (Å²) in [6.45, 7) is 4.49. The van der Waals surface area contributed by atoms with Gasteiger partial charge >= 0.3 is 25.7 Å². The maximum Gasteiger partial charge on any atom is 0.472 e. The fourth-order valence-electron chi connectivity index (χ4n) is 11.0. The number of nitrogens with two attached hydrogens (primary N) is 1. The SMILES string of the molecule is CCCCCCCCCCCCCCCC(=O)OC[C@H](COP(=O)(O)O[C@@H]1[C@H](OC(=O)CCCCCCCCCCCCCCC)[C@H](O)[C@@H](O)[C@H](O)[C@H]1O[C@H]1O[C@H](CO)[C@@H](O)[C@H](O)[C@H]1N)OC(=O)CCCCCCCCCCCCCCC. The van der Waals surface area contributed by atoms with E-state index >= 15 is 0 Å². The molecule has 490 valence electrons. The number of esters is 3. The van der Waals surface area contributed by atoms with Gasteiger partial charge in [-0.3, -0.25) is 23.4 Å². The number of unbranched alkanes of at least 4 members (excludes halogenated alkanes) is 36. The summed E-state index contributed by atoms with van der Waals surface area (Å²) in [5, 5.41) is 64.9. The first-order chi connectivity index (χ1) is 40.1. The number of aliphatic hydroxyl groups excluding tert-OH is 6. The Morgan fingerprint density at radius 3 is 1.22 bits per heavy atom. The highest BCUT2D eigenvalue weighted by atomic mass is 31.2. The molecule has 1 unspecified atom stereocenters. The third-order valence-corrected chi connectivity index (χ3v) is 17.4. The Morgan fingerprint density at radius 1 is 0.458 bits per heavy atom. The molecule has 83 heavy (non-hydrogen) atoms. The molecule has 2 rings (SSSR count). The minimum atomic E-state index is -5.46. The number of hydrogen-bond acceptors (Lipinski definition) is 18. The van der Waals surface area contributed by atoms with Gasteiger partial charge in [0.05, 0.1) is 19.3 Å². The molecule has 0 bridgehead atoms. The first-order valence-corrected chi connectivity index (χ1v) is 34.9. The topological polar surface area (TPSA) is 301 Å². The van der Waals surface area contributed by atoms with E-state index in [2.05, 4.69) is 20.8 Å². The zero-order valence-corrected chi connectivity index (χ0v) is 52.8. The van der Waals surface area contributed by atoms with Gasteiger partial charge < -0.3 is 65.0 Å². The van der Waals surface area contributed by atoms with Crippen molar-refractivity contribution in [1.82, 2.24) is 0 Å². The summed E-state index contributed by atoms with van der Waals surface area (Å²) < 4.78 is 53.5. The summed E-state index contributed by atoms with van der Waals surface area (Å²) in [6.07, 6.45) is 22.8. The summed E-state index contributed by atoms with van der Waals surface area (Å²) in [6, 6.07) is -1.55. The monoisotopic (exact) mass is 1210 g/mol. The second-order valence-electron chi connectivity index (χ2n) is 23.9. The average molecular weight is 1210 g/mol. The van der Waals surface area contributed by atoms with Crippen molar-refractivity contribution in [3.63, 3.8) is 0 Å². The molecule has 1 aliphatic heterocycles. The maximum atomic E-state index is 14.1. The molecule has 19 nitrogen and oxygen atoms in total. The first kappa shape index (κ1) is 77.3. The molecule has 0 aromatic heterocycles. The van der Waals surface area contributed by atoms with Crippen LogP contribution in [0.4, 0.5) is 0 Å². The number of rotatable bonds is 54. The molecule has 1 saturated carbocycles. The third-order valence-electron chi connectivity index (χ3n) is 16.4. The van der Waals surface area contributed by atoms with Crippen LogP contribution in [-0.4, -0.2) is 147 Å². The second-order valence-corrected chi connectivity index (χ2v) is 25.3. The Balaban J connectivity index is 2.15. The van der Waals surface area contributed by atoms with Gasteiger partial charge in [-0.25, -0.2) is 4.57 Å². The minimum absolute atomic E-state index is 0.0360. The van der Waals surface area contributed by atoms with Gasteiger partial charge in [0.1, 0.15) is 55.4 Å². The van der Waals surface area contributed by atoms with Crippen molar-refractivity contribution in [3.05, 3.63) is 0 Å². The summed E-state index contributed by atoms with van der Waals surface area (Å²) in [7, 11) is -5.46. The van der Waals surface area contributed by atoms with E-state index in [0.717, 1.165) is 77.0 Å². The van der Waals surface area contributed by atoms with Crippen molar-refractivity contribution in [2.24, 2.45) is 5.73 Å². The fourth-order valence-corrected chi connectivity index (χ4v) is 12.0. The van der Waals surface area contributed by atoms with E-state index < -0.39 is 119 Å². The van der Waals surface area contributed by atoms with Crippen molar-refractivity contribution < 1.29 is 87.2 Å². The second kappa shape index (κ2) is 49.1. The van der Waals surface area contributed by atoms with Crippen LogP contribution >= 0.6 is 7.82 Å². The van der Waals surface area contributed by atoms with E-state index in [1.165, 1.54) is 148 Å². The van der Waals surface area contributed by atoms with Crippen molar-refractivity contribution in [3.8, 4) is 0 Å². The summed E-state index contributed by atoms with van der Waals surface area (Å²) in [4.78, 5) is 51.1. The van der Waals surface area contributed by atoms with Gasteiger partial charge in [0, 0.05) is 19.3 Å². The number of hydrogen-bond donors (Lipinski definition) is 8. The number of phosphoric ester groups is 1. The van der Waals surface area contributed by atoms with Gasteiger partial charge in [0.15, 0.2) is 18.5 Å². The molecule has 0 radical (unpaired) electrons. The van der Waals surface area contributed by atoms with E-state index in [0.29, 0.717) is 25.7 Å². The van der Waals surface area contributed by atoms with E-state index in [4.69, 9.17) is 38.5 Å². The first-order valence-electron chi connectivity index (χ1n) is 33.4. The quantitative estimate of drug-likeness (QED) is 0.0121. The molecule has 0 aromatic carbocycles. The predicted octanol–water partition coefficient (Wildman–Crippen LogP) is 11.5. The Morgan fingerprint density at radius 2 is 0.819 bits per heavy atom. The van der Waals surface area contributed by atoms with Crippen LogP contribution in [0.3, 0.4) is 0 Å². The minimum Gasteiger partial charge on any atom is -0.462 e. The van der Waals surface area contributed by atoms with Crippen LogP contribution in [0.2, 0.25) is 0 Å². The molecule has 20 heteroatoms. The predicted molar refractivity (Wildman–Crippen MR) is 321 cm³/mol. The van der Waals surface area contributed by atoms with Crippen molar-refractivity contribution >= 4 is 25.7 Å². The lowest BCUT2D eigenvalue weighted by Gasteiger charge is -2.48. The molecule has 1 heterocycles. The Kier molecular flexibility index (Phi) is 45.7. The third kappa shape index (κ3) is 35.7. The lowest BCUT2D eigenvalue weighted by molar-refractivity contribution is -0.316. The molecule has 0 amide bonds. The zero-order chi connectivity index (χ0) is 60.9. The molecule has 9 N–H and O–H groups in total. The van der Waals surface area contributed by atoms with Crippen LogP contribution in [-0.2, 0) is 51.7 Å². The number of ether oxygens (including phenoxy) is 5. The molecular formula is C63H120NO18P. The van der Waals surface area contributed by atoms with Crippen LogP contribution in [0, 0.1) is 0 Å². The highest BCUT2D eigenvalue weighted by molar-refractivity contribution is 7.47. The molecule has 1 saturated heterocycles. The van der Waals surface area contributed by atoms with E-state index in [-0.39, 0.29) is 19.3 Å². The number of carbonyl (C=O) groups is 3. The van der Waals surface area contributed by atoms with Crippen molar-refractivity contribution in [2.45, 2.75) is 364 Å². The highest BCUT2D eigenvalue weighted by Crippen LogP contribution is 2.48. The normalized spacial score (nSPS) is 24.8. The molecule has 2 aliphatic rings. The zero-order valence-electron chi connectivity index (χ0n) is 51.9. The van der Waals surface area contributed by atoms with Gasteiger partial charge in [-0.2, -0.15) is 0 Å². The van der Waals surface area contributed by atoms with Crippen LogP contribution < -0.4 is 5.73 Å². The Bertz CT molecular complexity index is 1650. The molecular weight excluding hydrogens is 1090 g/mol. The molecule has 2 fully saturated rings. The Hall–Kier alpha value is -1.84. The van der Waals surface area contributed by atoms with E-state index in [1.807, 2.05) is 0 Å². The number of phosphoric acid groups is 1. The largest absolute Gasteiger partial charge is 0.472 e. The Labute approximate surface area is 500 Å².